The molecule has 2 atom stereocenters. The predicted molar refractivity (Wildman–Crippen MR) is 105 cm³/mol. The maximum Gasteiger partial charge on any atom is 0.228 e. The summed E-state index contributed by atoms with van der Waals surface area (Å²) in [6.07, 6.45) is -0.220. The zero-order valence-electron chi connectivity index (χ0n) is 15.5. The summed E-state index contributed by atoms with van der Waals surface area (Å²) in [6, 6.07) is 10.1. The molecule has 4 rings (SSSR count). The van der Waals surface area contributed by atoms with Crippen molar-refractivity contribution in [3.8, 4) is 11.5 Å². The van der Waals surface area contributed by atoms with Crippen LogP contribution in [0.5, 0.6) is 11.5 Å². The topological polar surface area (TPSA) is 101 Å². The summed E-state index contributed by atoms with van der Waals surface area (Å²) < 4.78 is 32.0. The number of ketones is 1. The largest absolute Gasteiger partial charge is 0.508 e. The Balaban J connectivity index is 1.71. The average Bonchev–Trinajstić information content (AvgIpc) is 2.90. The van der Waals surface area contributed by atoms with Gasteiger partial charge in [0.05, 0.1) is 18.4 Å². The van der Waals surface area contributed by atoms with E-state index in [1.807, 2.05) is 0 Å². The van der Waals surface area contributed by atoms with Gasteiger partial charge in [0.25, 0.3) is 0 Å². The first kappa shape index (κ1) is 19.7. The minimum absolute atomic E-state index is 0.00327. The third-order valence-electron chi connectivity index (χ3n) is 5.59. The number of aromatic hydroxyl groups is 1. The number of benzene rings is 2. The summed E-state index contributed by atoms with van der Waals surface area (Å²) in [7, 11) is -2.66. The predicted octanol–water partition coefficient (Wildman–Crippen LogP) is 2.20. The highest BCUT2D eigenvalue weighted by atomic mass is 35.5. The van der Waals surface area contributed by atoms with Gasteiger partial charge in [-0.05, 0) is 54.4 Å². The number of hydrogen-bond donors (Lipinski definition) is 1. The van der Waals surface area contributed by atoms with Crippen LogP contribution in [0.1, 0.15) is 12.0 Å². The number of carbonyl (C=O) groups is 2. The number of Topliss-reactive ketones (excluding diaryl/α,β-unsaturated/α-hetero) is 1. The molecule has 2 aromatic rings. The summed E-state index contributed by atoms with van der Waals surface area (Å²) in [5, 5.41) is 10.1. The highest BCUT2D eigenvalue weighted by molar-refractivity contribution is 7.93. The van der Waals surface area contributed by atoms with Gasteiger partial charge in [-0.15, -0.1) is 0 Å². The van der Waals surface area contributed by atoms with Gasteiger partial charge < -0.3 is 14.7 Å². The lowest BCUT2D eigenvalue weighted by Crippen LogP contribution is -2.67. The Morgan fingerprint density at radius 2 is 1.90 bits per heavy atom. The molecule has 152 valence electrons. The van der Waals surface area contributed by atoms with E-state index in [0.29, 0.717) is 16.3 Å². The zero-order valence-corrected chi connectivity index (χ0v) is 17.0. The van der Waals surface area contributed by atoms with Gasteiger partial charge in [-0.3, -0.25) is 9.59 Å². The number of β-lactam (4-membered cyclic amide) rings is 1. The van der Waals surface area contributed by atoms with E-state index in [1.165, 1.54) is 43.5 Å². The van der Waals surface area contributed by atoms with Crippen molar-refractivity contribution in [2.24, 2.45) is 5.92 Å². The number of fused-ring (bicyclic) bond motifs is 1. The number of halogens is 1. The van der Waals surface area contributed by atoms with Crippen LogP contribution in [0.4, 0.5) is 0 Å². The maximum atomic E-state index is 13.3. The molecular formula is C20H18ClNO6S. The van der Waals surface area contributed by atoms with E-state index in [4.69, 9.17) is 16.3 Å². The fourth-order valence-electron chi connectivity index (χ4n) is 4.13. The first-order valence-electron chi connectivity index (χ1n) is 8.91. The quantitative estimate of drug-likeness (QED) is 0.722. The lowest BCUT2D eigenvalue weighted by Gasteiger charge is -2.44. The lowest BCUT2D eigenvalue weighted by atomic mass is 9.92. The number of amides is 1. The van der Waals surface area contributed by atoms with Crippen molar-refractivity contribution in [2.75, 3.05) is 13.7 Å². The maximum absolute atomic E-state index is 13.3. The number of rotatable bonds is 5. The van der Waals surface area contributed by atoms with Gasteiger partial charge >= 0.3 is 0 Å². The SMILES string of the molecule is COc1ccc(O)cc1CC1CN2C(=O)CC2(S(=O)(=O)c2ccc(Cl)cc2)C1=O. The standard InChI is InChI=1S/C20H18ClNO6S/c1-28-17-7-4-15(23)9-12(17)8-13-11-22-18(24)10-20(22,19(13)25)29(26,27)16-5-2-14(21)3-6-16/h2-7,9,13,23H,8,10-11H2,1H3. The number of phenolic OH excluding ortho intramolecular Hbond substituents is 1. The van der Waals surface area contributed by atoms with Gasteiger partial charge in [0, 0.05) is 17.5 Å². The van der Waals surface area contributed by atoms with E-state index >= 15 is 0 Å². The van der Waals surface area contributed by atoms with Crippen LogP contribution < -0.4 is 4.74 Å². The lowest BCUT2D eigenvalue weighted by molar-refractivity contribution is -0.150. The van der Waals surface area contributed by atoms with Crippen molar-refractivity contribution in [1.82, 2.24) is 4.90 Å². The molecule has 2 fully saturated rings. The zero-order chi connectivity index (χ0) is 21.0. The van der Waals surface area contributed by atoms with Gasteiger partial charge in [0.15, 0.2) is 5.78 Å². The summed E-state index contributed by atoms with van der Waals surface area (Å²) >= 11 is 5.85. The van der Waals surface area contributed by atoms with Crippen LogP contribution in [0.3, 0.4) is 0 Å². The number of methoxy groups -OCH3 is 1. The van der Waals surface area contributed by atoms with E-state index in [1.54, 1.807) is 6.07 Å². The number of phenols is 1. The van der Waals surface area contributed by atoms with Crippen molar-refractivity contribution in [3.05, 3.63) is 53.1 Å². The summed E-state index contributed by atoms with van der Waals surface area (Å²) in [5.74, 6) is -1.13. The fraction of sp³-hybridized carbons (Fsp3) is 0.300. The van der Waals surface area contributed by atoms with Crippen molar-refractivity contribution >= 4 is 33.1 Å². The highest BCUT2D eigenvalue weighted by Crippen LogP contribution is 2.49. The normalized spacial score (nSPS) is 23.7. The molecule has 2 saturated heterocycles. The molecule has 2 aliphatic rings. The van der Waals surface area contributed by atoms with Crippen molar-refractivity contribution in [2.45, 2.75) is 22.6 Å². The van der Waals surface area contributed by atoms with Crippen LogP contribution in [0.2, 0.25) is 5.02 Å². The van der Waals surface area contributed by atoms with Crippen LogP contribution in [0.25, 0.3) is 0 Å². The van der Waals surface area contributed by atoms with Gasteiger partial charge in [-0.2, -0.15) is 0 Å². The molecule has 9 heteroatoms. The van der Waals surface area contributed by atoms with Crippen molar-refractivity contribution < 1.29 is 27.9 Å². The molecular weight excluding hydrogens is 418 g/mol. The molecule has 0 saturated carbocycles. The molecule has 2 aromatic carbocycles. The fourth-order valence-corrected chi connectivity index (χ4v) is 6.35. The van der Waals surface area contributed by atoms with Gasteiger partial charge in [-0.1, -0.05) is 11.6 Å². The molecule has 29 heavy (non-hydrogen) atoms. The van der Waals surface area contributed by atoms with Crippen LogP contribution in [-0.4, -0.2) is 48.6 Å². The Morgan fingerprint density at radius 1 is 1.21 bits per heavy atom. The van der Waals surface area contributed by atoms with Crippen LogP contribution in [0, 0.1) is 5.92 Å². The summed E-state index contributed by atoms with van der Waals surface area (Å²) in [6.45, 7) is 0.00327. The van der Waals surface area contributed by atoms with E-state index in [-0.39, 0.29) is 35.9 Å². The van der Waals surface area contributed by atoms with Crippen molar-refractivity contribution in [3.63, 3.8) is 0 Å². The number of ether oxygens (including phenoxy) is 1. The molecule has 1 amide bonds. The second-order valence-corrected chi connectivity index (χ2v) is 9.77. The van der Waals surface area contributed by atoms with E-state index < -0.39 is 26.4 Å². The highest BCUT2D eigenvalue weighted by Gasteiger charge is 2.70. The Labute approximate surface area is 172 Å². The monoisotopic (exact) mass is 435 g/mol. The number of nitrogens with zero attached hydrogens (tertiary/aromatic N) is 1. The molecule has 0 aliphatic carbocycles. The molecule has 0 aromatic heterocycles. The van der Waals surface area contributed by atoms with Gasteiger partial charge in [-0.25, -0.2) is 8.42 Å². The number of carbonyl (C=O) groups excluding carboxylic acids is 2. The first-order chi connectivity index (χ1) is 13.7. The summed E-state index contributed by atoms with van der Waals surface area (Å²) in [4.78, 5) is 24.7. The van der Waals surface area contributed by atoms with E-state index in [0.717, 1.165) is 4.90 Å². The Morgan fingerprint density at radius 3 is 2.52 bits per heavy atom. The van der Waals surface area contributed by atoms with E-state index in [9.17, 15) is 23.1 Å². The molecule has 7 nitrogen and oxygen atoms in total. The Hall–Kier alpha value is -2.58. The number of hydrogen-bond acceptors (Lipinski definition) is 6. The Bertz CT molecular complexity index is 1110. The van der Waals surface area contributed by atoms with E-state index in [2.05, 4.69) is 0 Å². The molecule has 2 heterocycles. The third kappa shape index (κ3) is 2.81. The molecule has 1 N–H and O–H groups in total. The molecule has 0 spiro atoms. The first-order valence-corrected chi connectivity index (χ1v) is 10.8. The second-order valence-electron chi connectivity index (χ2n) is 7.18. The molecule has 0 bridgehead atoms. The minimum atomic E-state index is -4.13. The molecule has 2 unspecified atom stereocenters. The minimum Gasteiger partial charge on any atom is -0.508 e. The average molecular weight is 436 g/mol. The van der Waals surface area contributed by atoms with Crippen molar-refractivity contribution in [1.29, 1.82) is 0 Å². The summed E-state index contributed by atoms with van der Waals surface area (Å²) in [5.41, 5.74) is 0.569. The smallest absolute Gasteiger partial charge is 0.228 e. The Kier molecular flexibility index (Phi) is 4.59. The number of sulfone groups is 1. The van der Waals surface area contributed by atoms with Crippen LogP contribution in [-0.2, 0) is 25.8 Å². The van der Waals surface area contributed by atoms with Gasteiger partial charge in [0.1, 0.15) is 11.5 Å². The third-order valence-corrected chi connectivity index (χ3v) is 8.19. The van der Waals surface area contributed by atoms with Gasteiger partial charge in [0.2, 0.25) is 20.6 Å². The second kappa shape index (κ2) is 6.74. The molecule has 0 radical (unpaired) electrons. The molecule has 2 aliphatic heterocycles. The van der Waals surface area contributed by atoms with Crippen LogP contribution >= 0.6 is 11.6 Å². The van der Waals surface area contributed by atoms with Crippen LogP contribution in [0.15, 0.2) is 47.4 Å².